The van der Waals surface area contributed by atoms with Gasteiger partial charge in [0.1, 0.15) is 11.5 Å². The number of nitrogens with zero attached hydrogens (tertiary/aromatic N) is 1. The molecule has 1 saturated heterocycles. The van der Waals surface area contributed by atoms with Gasteiger partial charge in [-0.3, -0.25) is 4.79 Å². The highest BCUT2D eigenvalue weighted by Gasteiger charge is 2.33. The zero-order valence-electron chi connectivity index (χ0n) is 12.3. The van der Waals surface area contributed by atoms with Crippen LogP contribution in [0, 0.1) is 5.92 Å². The molecule has 1 unspecified atom stereocenters. The van der Waals surface area contributed by atoms with Crippen molar-refractivity contribution < 1.29 is 14.3 Å². The molecule has 1 fully saturated rings. The molecule has 1 aromatic rings. The third-order valence-electron chi connectivity index (χ3n) is 3.76. The Morgan fingerprint density at radius 1 is 1.35 bits per heavy atom. The first-order chi connectivity index (χ1) is 9.60. The van der Waals surface area contributed by atoms with Gasteiger partial charge in [-0.25, -0.2) is 0 Å². The molecule has 20 heavy (non-hydrogen) atoms. The van der Waals surface area contributed by atoms with Gasteiger partial charge in [-0.15, -0.1) is 0 Å². The first-order valence-electron chi connectivity index (χ1n) is 6.78. The van der Waals surface area contributed by atoms with E-state index in [1.807, 2.05) is 30.0 Å². The lowest BCUT2D eigenvalue weighted by molar-refractivity contribution is -0.131. The number of rotatable bonds is 5. The normalized spacial score (nSPS) is 18.6. The van der Waals surface area contributed by atoms with Crippen LogP contribution in [0.1, 0.15) is 18.9 Å². The third kappa shape index (κ3) is 2.64. The Kier molecular flexibility index (Phi) is 4.32. The lowest BCUT2D eigenvalue weighted by Gasteiger charge is -2.18. The number of carbonyl (C=O) groups is 1. The maximum absolute atomic E-state index is 12.3. The van der Waals surface area contributed by atoms with Crippen LogP contribution in [0.2, 0.25) is 0 Å². The van der Waals surface area contributed by atoms with Gasteiger partial charge in [0.2, 0.25) is 5.91 Å². The van der Waals surface area contributed by atoms with E-state index in [4.69, 9.17) is 9.47 Å². The predicted octanol–water partition coefficient (Wildman–Crippen LogP) is 2.63. The van der Waals surface area contributed by atoms with Crippen LogP contribution in [-0.2, 0) is 11.3 Å². The summed E-state index contributed by atoms with van der Waals surface area (Å²) in [5.74, 6) is 1.62. The summed E-state index contributed by atoms with van der Waals surface area (Å²) in [5.41, 5.74) is 1.98. The molecule has 0 radical (unpaired) electrons. The molecule has 0 saturated carbocycles. The standard InChI is InChI=1S/C16H21NO3/c1-5-14-11(2)9-17(16(14)18)10-12-6-7-13(19-3)8-15(12)20-4/h6-8,14H,2,5,9-10H2,1,3-4H3. The molecule has 1 atom stereocenters. The second kappa shape index (κ2) is 5.99. The highest BCUT2D eigenvalue weighted by atomic mass is 16.5. The topological polar surface area (TPSA) is 38.8 Å². The molecule has 0 aromatic heterocycles. The van der Waals surface area contributed by atoms with Gasteiger partial charge >= 0.3 is 0 Å². The summed E-state index contributed by atoms with van der Waals surface area (Å²) in [6.07, 6.45) is 0.813. The maximum atomic E-state index is 12.3. The molecule has 1 aliphatic rings. The first kappa shape index (κ1) is 14.4. The van der Waals surface area contributed by atoms with Gasteiger partial charge in [0.25, 0.3) is 0 Å². The molecule has 1 aromatic carbocycles. The van der Waals surface area contributed by atoms with E-state index < -0.39 is 0 Å². The highest BCUT2D eigenvalue weighted by molar-refractivity contribution is 5.85. The van der Waals surface area contributed by atoms with E-state index in [-0.39, 0.29) is 11.8 Å². The number of likely N-dealkylation sites (tertiary alicyclic amines) is 1. The van der Waals surface area contributed by atoms with Crippen LogP contribution in [-0.4, -0.2) is 31.6 Å². The molecule has 1 heterocycles. The van der Waals surface area contributed by atoms with Crippen molar-refractivity contribution in [3.05, 3.63) is 35.9 Å². The number of hydrogen-bond donors (Lipinski definition) is 0. The Morgan fingerprint density at radius 3 is 2.65 bits per heavy atom. The van der Waals surface area contributed by atoms with Gasteiger partial charge < -0.3 is 14.4 Å². The van der Waals surface area contributed by atoms with Crippen LogP contribution in [0.3, 0.4) is 0 Å². The molecule has 0 spiro atoms. The Bertz CT molecular complexity index is 524. The van der Waals surface area contributed by atoms with Crippen LogP contribution >= 0.6 is 0 Å². The smallest absolute Gasteiger partial charge is 0.230 e. The van der Waals surface area contributed by atoms with Crippen molar-refractivity contribution >= 4 is 5.91 Å². The van der Waals surface area contributed by atoms with Crippen LogP contribution in [0.5, 0.6) is 11.5 Å². The first-order valence-corrected chi connectivity index (χ1v) is 6.78. The van der Waals surface area contributed by atoms with Crippen LogP contribution in [0.25, 0.3) is 0 Å². The van der Waals surface area contributed by atoms with Crippen molar-refractivity contribution in [3.8, 4) is 11.5 Å². The lowest BCUT2D eigenvalue weighted by Crippen LogP contribution is -2.26. The highest BCUT2D eigenvalue weighted by Crippen LogP contribution is 2.30. The quantitative estimate of drug-likeness (QED) is 0.775. The van der Waals surface area contributed by atoms with Gasteiger partial charge in [0.15, 0.2) is 0 Å². The Morgan fingerprint density at radius 2 is 2.10 bits per heavy atom. The molecule has 1 amide bonds. The van der Waals surface area contributed by atoms with Crippen molar-refractivity contribution in [1.29, 1.82) is 0 Å². The Hall–Kier alpha value is -1.97. The molecular weight excluding hydrogens is 254 g/mol. The lowest BCUT2D eigenvalue weighted by atomic mass is 10.0. The van der Waals surface area contributed by atoms with Crippen LogP contribution < -0.4 is 9.47 Å². The zero-order chi connectivity index (χ0) is 14.7. The minimum atomic E-state index is -0.0285. The molecule has 0 N–H and O–H groups in total. The van der Waals surface area contributed by atoms with E-state index in [1.165, 1.54) is 0 Å². The third-order valence-corrected chi connectivity index (χ3v) is 3.76. The van der Waals surface area contributed by atoms with E-state index >= 15 is 0 Å². The van der Waals surface area contributed by atoms with E-state index in [1.54, 1.807) is 14.2 Å². The van der Waals surface area contributed by atoms with Crippen molar-refractivity contribution in [2.24, 2.45) is 5.92 Å². The average molecular weight is 275 g/mol. The second-order valence-electron chi connectivity index (χ2n) is 4.99. The summed E-state index contributed by atoms with van der Waals surface area (Å²) >= 11 is 0. The largest absolute Gasteiger partial charge is 0.497 e. The monoisotopic (exact) mass is 275 g/mol. The van der Waals surface area contributed by atoms with Crippen molar-refractivity contribution in [2.45, 2.75) is 19.9 Å². The molecule has 108 valence electrons. The Balaban J connectivity index is 2.18. The summed E-state index contributed by atoms with van der Waals surface area (Å²) in [7, 11) is 3.24. The molecule has 1 aliphatic heterocycles. The summed E-state index contributed by atoms with van der Waals surface area (Å²) in [4.78, 5) is 14.1. The van der Waals surface area contributed by atoms with Crippen molar-refractivity contribution in [2.75, 3.05) is 20.8 Å². The number of ether oxygens (including phenoxy) is 2. The van der Waals surface area contributed by atoms with E-state index in [0.29, 0.717) is 13.1 Å². The number of hydrogen-bond acceptors (Lipinski definition) is 3. The summed E-state index contributed by atoms with van der Waals surface area (Å²) in [5, 5.41) is 0. The van der Waals surface area contributed by atoms with Crippen LogP contribution in [0.4, 0.5) is 0 Å². The number of methoxy groups -OCH3 is 2. The van der Waals surface area contributed by atoms with E-state index in [9.17, 15) is 4.79 Å². The minimum Gasteiger partial charge on any atom is -0.497 e. The molecule has 4 heteroatoms. The Labute approximate surface area is 120 Å². The number of carbonyl (C=O) groups excluding carboxylic acids is 1. The van der Waals surface area contributed by atoms with Gasteiger partial charge in [-0.1, -0.05) is 13.5 Å². The molecule has 0 aliphatic carbocycles. The van der Waals surface area contributed by atoms with Gasteiger partial charge in [0.05, 0.1) is 20.1 Å². The summed E-state index contributed by atoms with van der Waals surface area (Å²) in [6.45, 7) is 7.20. The zero-order valence-corrected chi connectivity index (χ0v) is 12.3. The van der Waals surface area contributed by atoms with Crippen molar-refractivity contribution in [1.82, 2.24) is 4.90 Å². The SMILES string of the molecule is C=C1CN(Cc2ccc(OC)cc2OC)C(=O)C1CC. The predicted molar refractivity (Wildman–Crippen MR) is 77.9 cm³/mol. The summed E-state index contributed by atoms with van der Waals surface area (Å²) in [6, 6.07) is 5.65. The van der Waals surface area contributed by atoms with Gasteiger partial charge in [0, 0.05) is 24.7 Å². The average Bonchev–Trinajstić information content (AvgIpc) is 2.73. The number of amides is 1. The van der Waals surface area contributed by atoms with E-state index in [2.05, 4.69) is 6.58 Å². The second-order valence-corrected chi connectivity index (χ2v) is 4.99. The minimum absolute atomic E-state index is 0.0285. The molecule has 4 nitrogen and oxygen atoms in total. The van der Waals surface area contributed by atoms with Crippen LogP contribution in [0.15, 0.2) is 30.4 Å². The fraction of sp³-hybridized carbons (Fsp3) is 0.438. The van der Waals surface area contributed by atoms with Gasteiger partial charge in [-0.2, -0.15) is 0 Å². The molecule has 0 bridgehead atoms. The number of benzene rings is 1. The summed E-state index contributed by atoms with van der Waals surface area (Å²) < 4.78 is 10.6. The fourth-order valence-corrected chi connectivity index (χ4v) is 2.61. The van der Waals surface area contributed by atoms with Crippen molar-refractivity contribution in [3.63, 3.8) is 0 Å². The molecule has 2 rings (SSSR count). The molecular formula is C16H21NO3. The van der Waals surface area contributed by atoms with Gasteiger partial charge in [-0.05, 0) is 24.1 Å². The fourth-order valence-electron chi connectivity index (χ4n) is 2.61. The van der Waals surface area contributed by atoms with E-state index in [0.717, 1.165) is 29.1 Å². The maximum Gasteiger partial charge on any atom is 0.230 e.